The summed E-state index contributed by atoms with van der Waals surface area (Å²) in [5.41, 5.74) is -0.484. The quantitative estimate of drug-likeness (QED) is 0.596. The van der Waals surface area contributed by atoms with E-state index in [9.17, 15) is 22.0 Å². The van der Waals surface area contributed by atoms with Gasteiger partial charge in [-0.2, -0.15) is 0 Å². The van der Waals surface area contributed by atoms with Gasteiger partial charge in [-0.05, 0) is 41.1 Å². The van der Waals surface area contributed by atoms with E-state index in [-0.39, 0.29) is 9.13 Å². The molecule has 0 saturated carbocycles. The molecule has 0 aromatic carbocycles. The second-order valence-corrected chi connectivity index (χ2v) is 3.91. The lowest BCUT2D eigenvalue weighted by Gasteiger charge is -2.12. The topological polar surface area (TPSA) is 22.1 Å². The Balaban J connectivity index is 3.17. The smallest absolute Gasteiger partial charge is 0.387 e. The van der Waals surface area contributed by atoms with Crippen LogP contribution in [0.4, 0.5) is 22.0 Å². The van der Waals surface area contributed by atoms with Gasteiger partial charge in [0.2, 0.25) is 5.88 Å². The molecule has 0 fully saturated rings. The van der Waals surface area contributed by atoms with Crippen LogP contribution in [0.25, 0.3) is 0 Å². The van der Waals surface area contributed by atoms with Crippen LogP contribution < -0.4 is 4.74 Å². The van der Waals surface area contributed by atoms with E-state index in [2.05, 4.69) is 9.72 Å². The summed E-state index contributed by atoms with van der Waals surface area (Å²) in [5, 5.41) is 0. The fraction of sp³-hybridized carbons (Fsp3) is 0.375. The van der Waals surface area contributed by atoms with Gasteiger partial charge in [-0.3, -0.25) is 0 Å². The highest BCUT2D eigenvalue weighted by Gasteiger charge is 2.33. The van der Waals surface area contributed by atoms with E-state index in [1.807, 2.05) is 0 Å². The predicted molar refractivity (Wildman–Crippen MR) is 53.3 cm³/mol. The molecule has 0 aliphatic carbocycles. The number of aromatic nitrogens is 1. The average Bonchev–Trinajstić information content (AvgIpc) is 2.10. The van der Waals surface area contributed by atoms with Gasteiger partial charge >= 0.3 is 6.36 Å². The van der Waals surface area contributed by atoms with Gasteiger partial charge in [-0.1, -0.05) is 0 Å². The minimum atomic E-state index is -4.94. The van der Waals surface area contributed by atoms with Crippen LogP contribution in [0.1, 0.15) is 17.7 Å². The number of alkyl halides is 5. The Labute approximate surface area is 101 Å². The maximum absolute atomic E-state index is 12.3. The monoisotopic (exact) mass is 353 g/mol. The number of rotatable bonds is 2. The lowest BCUT2D eigenvalue weighted by molar-refractivity contribution is -0.276. The molecule has 1 aromatic heterocycles. The highest BCUT2D eigenvalue weighted by molar-refractivity contribution is 14.1. The van der Waals surface area contributed by atoms with Gasteiger partial charge in [0.1, 0.15) is 5.69 Å². The summed E-state index contributed by atoms with van der Waals surface area (Å²) in [6, 6.07) is 1.02. The summed E-state index contributed by atoms with van der Waals surface area (Å²) in [6.07, 6.45) is -7.88. The Bertz CT molecular complexity index is 393. The number of hydrogen-bond donors (Lipinski definition) is 0. The zero-order valence-corrected chi connectivity index (χ0v) is 9.94. The summed E-state index contributed by atoms with van der Waals surface area (Å²) in [6.45, 7) is 1.40. The molecule has 0 aliphatic rings. The molecule has 0 saturated heterocycles. The molecule has 16 heavy (non-hydrogen) atoms. The molecule has 0 amide bonds. The minimum Gasteiger partial charge on any atom is -0.387 e. The number of halogens is 6. The second kappa shape index (κ2) is 4.68. The fourth-order valence-electron chi connectivity index (χ4n) is 0.941. The van der Waals surface area contributed by atoms with Crippen molar-refractivity contribution in [2.75, 3.05) is 0 Å². The summed E-state index contributed by atoms with van der Waals surface area (Å²) < 4.78 is 64.0. The molecule has 0 aliphatic heterocycles. The maximum atomic E-state index is 12.3. The normalized spacial score (nSPS) is 12.0. The molecule has 0 atom stereocenters. The van der Waals surface area contributed by atoms with Crippen LogP contribution in [-0.4, -0.2) is 11.3 Å². The van der Waals surface area contributed by atoms with Gasteiger partial charge in [-0.15, -0.1) is 13.2 Å². The molecular weight excluding hydrogens is 348 g/mol. The Morgan fingerprint density at radius 2 is 1.94 bits per heavy atom. The first kappa shape index (κ1) is 13.4. The number of nitrogens with zero attached hydrogens (tertiary/aromatic N) is 1. The summed E-state index contributed by atoms with van der Waals surface area (Å²) in [4.78, 5) is 3.12. The van der Waals surface area contributed by atoms with E-state index in [1.54, 1.807) is 22.6 Å². The van der Waals surface area contributed by atoms with Crippen molar-refractivity contribution in [3.8, 4) is 5.88 Å². The minimum absolute atomic E-state index is 0.0549. The Hall–Kier alpha value is -0.670. The second-order valence-electron chi connectivity index (χ2n) is 2.83. The number of hydrogen-bond acceptors (Lipinski definition) is 2. The SMILES string of the molecule is Cc1cc(C(F)F)nc(OC(F)(F)F)c1I. The van der Waals surface area contributed by atoms with Crippen LogP contribution in [0.3, 0.4) is 0 Å². The van der Waals surface area contributed by atoms with Crippen LogP contribution in [0.15, 0.2) is 6.07 Å². The van der Waals surface area contributed by atoms with Crippen molar-refractivity contribution in [3.63, 3.8) is 0 Å². The molecular formula is C8H5F5INO. The largest absolute Gasteiger partial charge is 0.574 e. The zero-order chi connectivity index (χ0) is 12.5. The summed E-state index contributed by atoms with van der Waals surface area (Å²) in [5.74, 6) is -0.844. The fourth-order valence-corrected chi connectivity index (χ4v) is 1.33. The first-order chi connectivity index (χ1) is 7.20. The van der Waals surface area contributed by atoms with Gasteiger partial charge < -0.3 is 4.74 Å². The lowest BCUT2D eigenvalue weighted by atomic mass is 10.2. The van der Waals surface area contributed by atoms with Crippen molar-refractivity contribution < 1.29 is 26.7 Å². The Morgan fingerprint density at radius 1 is 1.38 bits per heavy atom. The number of ether oxygens (including phenoxy) is 1. The number of aryl methyl sites for hydroxylation is 1. The molecule has 0 bridgehead atoms. The van der Waals surface area contributed by atoms with Gasteiger partial charge in [0, 0.05) is 0 Å². The van der Waals surface area contributed by atoms with Crippen LogP contribution in [0, 0.1) is 10.5 Å². The molecule has 90 valence electrons. The third-order valence-electron chi connectivity index (χ3n) is 1.56. The predicted octanol–water partition coefficient (Wildman–Crippen LogP) is 3.83. The van der Waals surface area contributed by atoms with Crippen molar-refractivity contribution in [2.45, 2.75) is 19.7 Å². The van der Waals surface area contributed by atoms with Crippen molar-refractivity contribution >= 4 is 22.6 Å². The van der Waals surface area contributed by atoms with Crippen LogP contribution in [0.5, 0.6) is 5.88 Å². The first-order valence-corrected chi connectivity index (χ1v) is 4.99. The third kappa shape index (κ3) is 3.42. The molecule has 0 N–H and O–H groups in total. The van der Waals surface area contributed by atoms with Crippen molar-refractivity contribution in [2.24, 2.45) is 0 Å². The Morgan fingerprint density at radius 3 is 2.38 bits per heavy atom. The van der Waals surface area contributed by atoms with Gasteiger partial charge in [-0.25, -0.2) is 13.8 Å². The van der Waals surface area contributed by atoms with E-state index >= 15 is 0 Å². The molecule has 0 radical (unpaired) electrons. The molecule has 1 rings (SSSR count). The maximum Gasteiger partial charge on any atom is 0.574 e. The summed E-state index contributed by atoms with van der Waals surface area (Å²) in [7, 11) is 0. The highest BCUT2D eigenvalue weighted by atomic mass is 127. The van der Waals surface area contributed by atoms with Crippen molar-refractivity contribution in [1.82, 2.24) is 4.98 Å². The zero-order valence-electron chi connectivity index (χ0n) is 7.78. The average molecular weight is 353 g/mol. The van der Waals surface area contributed by atoms with E-state index in [0.717, 1.165) is 6.07 Å². The van der Waals surface area contributed by atoms with Crippen LogP contribution in [-0.2, 0) is 0 Å². The van der Waals surface area contributed by atoms with Crippen molar-refractivity contribution in [1.29, 1.82) is 0 Å². The van der Waals surface area contributed by atoms with Gasteiger partial charge in [0.25, 0.3) is 6.43 Å². The molecule has 0 unspecified atom stereocenters. The lowest BCUT2D eigenvalue weighted by Crippen LogP contribution is -2.19. The number of pyridine rings is 1. The van der Waals surface area contributed by atoms with E-state index in [0.29, 0.717) is 0 Å². The molecule has 2 nitrogen and oxygen atoms in total. The molecule has 1 aromatic rings. The Kier molecular flexibility index (Phi) is 3.92. The van der Waals surface area contributed by atoms with E-state index < -0.39 is 24.4 Å². The highest BCUT2D eigenvalue weighted by Crippen LogP contribution is 2.30. The first-order valence-electron chi connectivity index (χ1n) is 3.91. The van der Waals surface area contributed by atoms with Crippen LogP contribution >= 0.6 is 22.6 Å². The standard InChI is InChI=1S/C8H5F5INO/c1-3-2-4(6(9)10)15-7(5(3)14)16-8(11,12)13/h2,6H,1H3. The van der Waals surface area contributed by atoms with Gasteiger partial charge in [0.05, 0.1) is 3.57 Å². The van der Waals surface area contributed by atoms with Crippen LogP contribution in [0.2, 0.25) is 0 Å². The van der Waals surface area contributed by atoms with E-state index in [4.69, 9.17) is 0 Å². The van der Waals surface area contributed by atoms with E-state index in [1.165, 1.54) is 6.92 Å². The molecule has 8 heteroatoms. The molecule has 1 heterocycles. The molecule has 0 spiro atoms. The third-order valence-corrected chi connectivity index (χ3v) is 2.88. The van der Waals surface area contributed by atoms with Crippen molar-refractivity contribution in [3.05, 3.63) is 20.9 Å². The summed E-state index contributed by atoms with van der Waals surface area (Å²) >= 11 is 1.55. The van der Waals surface area contributed by atoms with Gasteiger partial charge in [0.15, 0.2) is 0 Å².